The maximum Gasteiger partial charge on any atom is 0.387 e. The van der Waals surface area contributed by atoms with Gasteiger partial charge in [0.05, 0.1) is 0 Å². The van der Waals surface area contributed by atoms with Crippen molar-refractivity contribution in [2.45, 2.75) is 26.5 Å². The molecule has 0 aliphatic heterocycles. The van der Waals surface area contributed by atoms with E-state index in [1.165, 1.54) is 6.07 Å². The molecule has 0 atom stereocenters. The summed E-state index contributed by atoms with van der Waals surface area (Å²) in [5.74, 6) is 0.120. The van der Waals surface area contributed by atoms with Crippen molar-refractivity contribution in [3.63, 3.8) is 0 Å². The van der Waals surface area contributed by atoms with Crippen molar-refractivity contribution in [1.82, 2.24) is 10.6 Å². The van der Waals surface area contributed by atoms with E-state index in [9.17, 15) is 13.6 Å². The molecular formula is C13H18F2N2O2. The Hall–Kier alpha value is -1.69. The number of carbonyl (C=O) groups is 1. The van der Waals surface area contributed by atoms with E-state index < -0.39 is 6.61 Å². The molecule has 0 aromatic heterocycles. The number of carbonyl (C=O) groups excluding carboxylic acids is 1. The molecule has 0 bridgehead atoms. The van der Waals surface area contributed by atoms with Gasteiger partial charge in [-0.2, -0.15) is 8.78 Å². The average molecular weight is 272 g/mol. The second kappa shape index (κ2) is 8.42. The molecule has 0 fully saturated rings. The van der Waals surface area contributed by atoms with Gasteiger partial charge in [0, 0.05) is 31.6 Å². The molecule has 1 amide bonds. The number of halogens is 2. The maximum absolute atomic E-state index is 12.2. The number of alkyl halides is 2. The van der Waals surface area contributed by atoms with Crippen molar-refractivity contribution < 1.29 is 18.3 Å². The van der Waals surface area contributed by atoms with Crippen LogP contribution in [0.2, 0.25) is 0 Å². The SMILES string of the molecule is CCNC(=O)CCNCc1ccccc1OC(F)F. The van der Waals surface area contributed by atoms with Gasteiger partial charge in [-0.15, -0.1) is 0 Å². The average Bonchev–Trinajstić information content (AvgIpc) is 2.36. The first-order valence-electron chi connectivity index (χ1n) is 6.13. The van der Waals surface area contributed by atoms with Gasteiger partial charge in [-0.3, -0.25) is 4.79 Å². The summed E-state index contributed by atoms with van der Waals surface area (Å²) in [6.45, 7) is 0.473. The van der Waals surface area contributed by atoms with Crippen molar-refractivity contribution in [3.05, 3.63) is 29.8 Å². The van der Waals surface area contributed by atoms with Gasteiger partial charge in [-0.05, 0) is 13.0 Å². The van der Waals surface area contributed by atoms with E-state index in [0.29, 0.717) is 31.6 Å². The van der Waals surface area contributed by atoms with Crippen LogP contribution in [0.4, 0.5) is 8.78 Å². The van der Waals surface area contributed by atoms with Gasteiger partial charge in [-0.1, -0.05) is 18.2 Å². The molecule has 0 heterocycles. The van der Waals surface area contributed by atoms with E-state index in [0.717, 1.165) is 0 Å². The minimum atomic E-state index is -2.84. The van der Waals surface area contributed by atoms with E-state index >= 15 is 0 Å². The number of ether oxygens (including phenoxy) is 1. The van der Waals surface area contributed by atoms with Crippen LogP contribution in [-0.4, -0.2) is 25.6 Å². The normalized spacial score (nSPS) is 10.5. The summed E-state index contributed by atoms with van der Waals surface area (Å²) in [5.41, 5.74) is 0.638. The van der Waals surface area contributed by atoms with Crippen LogP contribution in [0.1, 0.15) is 18.9 Å². The molecule has 4 nitrogen and oxygen atoms in total. The maximum atomic E-state index is 12.2. The van der Waals surface area contributed by atoms with Gasteiger partial charge in [0.15, 0.2) is 0 Å². The van der Waals surface area contributed by atoms with Crippen LogP contribution >= 0.6 is 0 Å². The van der Waals surface area contributed by atoms with E-state index in [4.69, 9.17) is 0 Å². The van der Waals surface area contributed by atoms with Crippen molar-refractivity contribution in [1.29, 1.82) is 0 Å². The van der Waals surface area contributed by atoms with E-state index in [-0.39, 0.29) is 11.7 Å². The first-order chi connectivity index (χ1) is 9.13. The van der Waals surface area contributed by atoms with E-state index in [1.807, 2.05) is 6.92 Å². The van der Waals surface area contributed by atoms with E-state index in [2.05, 4.69) is 15.4 Å². The van der Waals surface area contributed by atoms with E-state index in [1.54, 1.807) is 18.2 Å². The smallest absolute Gasteiger partial charge is 0.387 e. The third-order valence-electron chi connectivity index (χ3n) is 2.41. The van der Waals surface area contributed by atoms with Crippen LogP contribution in [0.5, 0.6) is 5.75 Å². The summed E-state index contributed by atoms with van der Waals surface area (Å²) >= 11 is 0. The monoisotopic (exact) mass is 272 g/mol. The number of nitrogens with one attached hydrogen (secondary N) is 2. The topological polar surface area (TPSA) is 50.4 Å². The lowest BCUT2D eigenvalue weighted by Gasteiger charge is -2.11. The fourth-order valence-electron chi connectivity index (χ4n) is 1.57. The zero-order chi connectivity index (χ0) is 14.1. The molecule has 106 valence electrons. The molecule has 0 aliphatic carbocycles. The minimum absolute atomic E-state index is 0.0351. The molecule has 0 spiro atoms. The molecule has 1 aromatic rings. The summed E-state index contributed by atoms with van der Waals surface area (Å²) in [6.07, 6.45) is 0.353. The van der Waals surface area contributed by atoms with Crippen LogP contribution in [0.3, 0.4) is 0 Å². The molecule has 0 saturated carbocycles. The Labute approximate surface area is 111 Å². The van der Waals surface area contributed by atoms with Crippen molar-refractivity contribution in [3.8, 4) is 5.75 Å². The first kappa shape index (κ1) is 15.4. The molecule has 0 aliphatic rings. The number of benzene rings is 1. The predicted molar refractivity (Wildman–Crippen MR) is 68.1 cm³/mol. The van der Waals surface area contributed by atoms with Gasteiger partial charge in [0.25, 0.3) is 0 Å². The summed E-state index contributed by atoms with van der Waals surface area (Å²) < 4.78 is 28.8. The van der Waals surface area contributed by atoms with Crippen LogP contribution in [0.15, 0.2) is 24.3 Å². The largest absolute Gasteiger partial charge is 0.434 e. The van der Waals surface area contributed by atoms with Gasteiger partial charge in [0.1, 0.15) is 5.75 Å². The van der Waals surface area contributed by atoms with Gasteiger partial charge in [-0.25, -0.2) is 0 Å². The zero-order valence-electron chi connectivity index (χ0n) is 10.8. The lowest BCUT2D eigenvalue weighted by Crippen LogP contribution is -2.27. The third kappa shape index (κ3) is 6.15. The van der Waals surface area contributed by atoms with Crippen LogP contribution in [0, 0.1) is 0 Å². The minimum Gasteiger partial charge on any atom is -0.434 e. The molecule has 1 rings (SSSR count). The molecule has 0 radical (unpaired) electrons. The highest BCUT2D eigenvalue weighted by atomic mass is 19.3. The third-order valence-corrected chi connectivity index (χ3v) is 2.41. The quantitative estimate of drug-likeness (QED) is 0.711. The van der Waals surface area contributed by atoms with Crippen molar-refractivity contribution >= 4 is 5.91 Å². The summed E-state index contributed by atoms with van der Waals surface area (Å²) in [4.78, 5) is 11.2. The van der Waals surface area contributed by atoms with Gasteiger partial charge >= 0.3 is 6.61 Å². The highest BCUT2D eigenvalue weighted by Gasteiger charge is 2.08. The Bertz CT molecular complexity index is 400. The fourth-order valence-corrected chi connectivity index (χ4v) is 1.57. The number of hydrogen-bond donors (Lipinski definition) is 2. The van der Waals surface area contributed by atoms with Gasteiger partial charge in [0.2, 0.25) is 5.91 Å². The molecule has 1 aromatic carbocycles. The Morgan fingerprint density at radius 2 is 2.11 bits per heavy atom. The molecular weight excluding hydrogens is 254 g/mol. The highest BCUT2D eigenvalue weighted by molar-refractivity contribution is 5.75. The zero-order valence-corrected chi connectivity index (χ0v) is 10.8. The second-order valence-corrected chi connectivity index (χ2v) is 3.87. The van der Waals surface area contributed by atoms with Crippen molar-refractivity contribution in [2.75, 3.05) is 13.1 Å². The Kier molecular flexibility index (Phi) is 6.81. The first-order valence-corrected chi connectivity index (χ1v) is 6.13. The summed E-state index contributed by atoms with van der Waals surface area (Å²) in [6, 6.07) is 6.58. The fraction of sp³-hybridized carbons (Fsp3) is 0.462. The Morgan fingerprint density at radius 3 is 2.79 bits per heavy atom. The molecule has 0 saturated heterocycles. The van der Waals surface area contributed by atoms with Crippen LogP contribution in [0.25, 0.3) is 0 Å². The van der Waals surface area contributed by atoms with Gasteiger partial charge < -0.3 is 15.4 Å². The van der Waals surface area contributed by atoms with Crippen LogP contribution in [-0.2, 0) is 11.3 Å². The number of rotatable bonds is 8. The standard InChI is InChI=1S/C13H18F2N2O2/c1-2-17-12(18)7-8-16-9-10-5-3-4-6-11(10)19-13(14)15/h3-6,13,16H,2,7-9H2,1H3,(H,17,18). The Balaban J connectivity index is 2.38. The molecule has 0 unspecified atom stereocenters. The second-order valence-electron chi connectivity index (χ2n) is 3.87. The number of para-hydroxylation sites is 1. The summed E-state index contributed by atoms with van der Waals surface area (Å²) in [7, 11) is 0. The molecule has 19 heavy (non-hydrogen) atoms. The molecule has 6 heteroatoms. The Morgan fingerprint density at radius 1 is 1.37 bits per heavy atom. The lowest BCUT2D eigenvalue weighted by atomic mass is 10.2. The summed E-state index contributed by atoms with van der Waals surface area (Å²) in [5, 5.41) is 5.70. The number of hydrogen-bond acceptors (Lipinski definition) is 3. The highest BCUT2D eigenvalue weighted by Crippen LogP contribution is 2.19. The van der Waals surface area contributed by atoms with Crippen LogP contribution < -0.4 is 15.4 Å². The molecule has 2 N–H and O–H groups in total. The predicted octanol–water partition coefficient (Wildman–Crippen LogP) is 1.90. The number of amides is 1. The van der Waals surface area contributed by atoms with Crippen molar-refractivity contribution in [2.24, 2.45) is 0 Å². The lowest BCUT2D eigenvalue weighted by molar-refractivity contribution is -0.120.